The van der Waals surface area contributed by atoms with Gasteiger partial charge in [-0.2, -0.15) is 0 Å². The molecular formula is C73H147NO8P+. The highest BCUT2D eigenvalue weighted by Crippen LogP contribution is 2.43. The van der Waals surface area contributed by atoms with Crippen LogP contribution in [0.15, 0.2) is 0 Å². The number of nitrogens with zero attached hydrogens (tertiary/aromatic N) is 1. The number of hydrogen-bond acceptors (Lipinski definition) is 7. The first-order valence-electron chi connectivity index (χ1n) is 37.3. The maximum absolute atomic E-state index is 12.9. The second kappa shape index (κ2) is 65.5. The number of unbranched alkanes of at least 4 members (excludes halogenated alkanes) is 57. The molecule has 0 saturated carbocycles. The van der Waals surface area contributed by atoms with Crippen molar-refractivity contribution in [2.24, 2.45) is 0 Å². The summed E-state index contributed by atoms with van der Waals surface area (Å²) in [4.78, 5) is 35.8. The van der Waals surface area contributed by atoms with Gasteiger partial charge in [0.2, 0.25) is 0 Å². The van der Waals surface area contributed by atoms with Gasteiger partial charge < -0.3 is 18.9 Å². The topological polar surface area (TPSA) is 108 Å². The molecule has 0 saturated heterocycles. The molecule has 0 aliphatic carbocycles. The van der Waals surface area contributed by atoms with Crippen LogP contribution in [0.4, 0.5) is 0 Å². The van der Waals surface area contributed by atoms with E-state index in [4.69, 9.17) is 18.5 Å². The van der Waals surface area contributed by atoms with Gasteiger partial charge in [-0.25, -0.2) is 4.57 Å². The Hall–Kier alpha value is -0.990. The van der Waals surface area contributed by atoms with Crippen LogP contribution in [0, 0.1) is 0 Å². The van der Waals surface area contributed by atoms with Crippen molar-refractivity contribution in [2.75, 3.05) is 47.5 Å². The van der Waals surface area contributed by atoms with Crippen molar-refractivity contribution in [2.45, 2.75) is 412 Å². The monoisotopic (exact) mass is 1200 g/mol. The third kappa shape index (κ3) is 70.0. The summed E-state index contributed by atoms with van der Waals surface area (Å²) in [5.74, 6) is -0.768. The van der Waals surface area contributed by atoms with Gasteiger partial charge in [-0.1, -0.05) is 380 Å². The third-order valence-corrected chi connectivity index (χ3v) is 18.4. The highest BCUT2D eigenvalue weighted by molar-refractivity contribution is 7.47. The molecule has 0 rings (SSSR count). The number of esters is 2. The van der Waals surface area contributed by atoms with E-state index < -0.39 is 26.5 Å². The molecule has 2 unspecified atom stereocenters. The van der Waals surface area contributed by atoms with Gasteiger partial charge in [0.1, 0.15) is 19.8 Å². The SMILES string of the molecule is CCCCCCCCCCCCCCCCCCCCCCCCCCCCCCCCCCCCCCCCCCC(=O)OC(COC(=O)CCCCCCCCCCCCCCCCCCCCC)COP(=O)(O)OCC[N+](C)(C)C. The number of hydrogen-bond donors (Lipinski definition) is 1. The van der Waals surface area contributed by atoms with Crippen LogP contribution in [0.25, 0.3) is 0 Å². The summed E-state index contributed by atoms with van der Waals surface area (Å²) in [5, 5.41) is 0. The predicted molar refractivity (Wildman–Crippen MR) is 358 cm³/mol. The van der Waals surface area contributed by atoms with Crippen LogP contribution >= 0.6 is 7.82 Å². The van der Waals surface area contributed by atoms with Gasteiger partial charge in [0.05, 0.1) is 27.7 Å². The molecule has 0 fully saturated rings. The van der Waals surface area contributed by atoms with Crippen LogP contribution in [-0.2, 0) is 32.7 Å². The summed E-state index contributed by atoms with van der Waals surface area (Å²) in [7, 11) is 1.51. The second-order valence-corrected chi connectivity index (χ2v) is 28.5. The van der Waals surface area contributed by atoms with Crippen molar-refractivity contribution >= 4 is 19.8 Å². The molecule has 0 heterocycles. The minimum absolute atomic E-state index is 0.0377. The minimum atomic E-state index is -4.38. The molecule has 0 amide bonds. The molecule has 2 atom stereocenters. The first-order chi connectivity index (χ1) is 40.5. The lowest BCUT2D eigenvalue weighted by molar-refractivity contribution is -0.870. The van der Waals surface area contributed by atoms with E-state index in [1.165, 1.54) is 340 Å². The van der Waals surface area contributed by atoms with E-state index in [1.54, 1.807) is 0 Å². The Morgan fingerprint density at radius 3 is 0.771 bits per heavy atom. The Morgan fingerprint density at radius 2 is 0.542 bits per heavy atom. The van der Waals surface area contributed by atoms with Crippen molar-refractivity contribution in [3.05, 3.63) is 0 Å². The lowest BCUT2D eigenvalue weighted by Gasteiger charge is -2.24. The van der Waals surface area contributed by atoms with E-state index in [-0.39, 0.29) is 25.6 Å². The molecule has 0 spiro atoms. The van der Waals surface area contributed by atoms with Crippen molar-refractivity contribution in [1.82, 2.24) is 0 Å². The van der Waals surface area contributed by atoms with Crippen molar-refractivity contribution in [3.8, 4) is 0 Å². The minimum Gasteiger partial charge on any atom is -0.462 e. The maximum atomic E-state index is 12.9. The lowest BCUT2D eigenvalue weighted by atomic mass is 10.0. The van der Waals surface area contributed by atoms with Gasteiger partial charge >= 0.3 is 19.8 Å². The second-order valence-electron chi connectivity index (χ2n) is 27.1. The fourth-order valence-electron chi connectivity index (χ4n) is 11.7. The van der Waals surface area contributed by atoms with Crippen LogP contribution in [0.2, 0.25) is 0 Å². The van der Waals surface area contributed by atoms with Crippen LogP contribution in [0.3, 0.4) is 0 Å². The largest absolute Gasteiger partial charge is 0.472 e. The van der Waals surface area contributed by atoms with E-state index in [9.17, 15) is 19.0 Å². The van der Waals surface area contributed by atoms with Crippen LogP contribution < -0.4 is 0 Å². The standard InChI is InChI=1S/C73H146NO8P/c1-6-8-10-12-14-16-18-20-22-24-26-27-28-29-30-31-32-33-34-35-36-37-38-39-40-41-42-43-44-45-46-48-50-52-54-56-58-60-62-64-66-73(76)82-71(70-81-83(77,78)80-68-67-74(3,4)5)69-79-72(75)65-63-61-59-57-55-53-51-49-47-25-23-21-19-17-15-13-11-9-7-2/h71H,6-70H2,1-5H3/p+1. The average Bonchev–Trinajstić information content (AvgIpc) is 3.48. The average molecular weight is 1200 g/mol. The highest BCUT2D eigenvalue weighted by Gasteiger charge is 2.27. The number of rotatable bonds is 71. The smallest absolute Gasteiger partial charge is 0.462 e. The fraction of sp³-hybridized carbons (Fsp3) is 0.973. The zero-order valence-electron chi connectivity index (χ0n) is 56.7. The third-order valence-electron chi connectivity index (χ3n) is 17.4. The zero-order chi connectivity index (χ0) is 60.5. The van der Waals surface area contributed by atoms with Gasteiger partial charge in [-0.15, -0.1) is 0 Å². The number of phosphoric ester groups is 1. The Morgan fingerprint density at radius 1 is 0.325 bits per heavy atom. The molecule has 10 heteroatoms. The van der Waals surface area contributed by atoms with Crippen LogP contribution in [0.1, 0.15) is 406 Å². The molecule has 0 bridgehead atoms. The Labute approximate surface area is 518 Å². The van der Waals surface area contributed by atoms with Gasteiger partial charge in [0.15, 0.2) is 6.10 Å². The van der Waals surface area contributed by atoms with E-state index in [0.717, 1.165) is 38.5 Å². The maximum Gasteiger partial charge on any atom is 0.472 e. The molecule has 496 valence electrons. The predicted octanol–water partition coefficient (Wildman–Crippen LogP) is 24.1. The van der Waals surface area contributed by atoms with Crippen molar-refractivity contribution in [1.29, 1.82) is 0 Å². The van der Waals surface area contributed by atoms with E-state index >= 15 is 0 Å². The summed E-state index contributed by atoms with van der Waals surface area (Å²) in [6.07, 6.45) is 79.6. The van der Waals surface area contributed by atoms with E-state index in [1.807, 2.05) is 21.1 Å². The highest BCUT2D eigenvalue weighted by atomic mass is 31.2. The van der Waals surface area contributed by atoms with Gasteiger partial charge in [-0.3, -0.25) is 18.6 Å². The van der Waals surface area contributed by atoms with Gasteiger partial charge in [-0.05, 0) is 12.8 Å². The summed E-state index contributed by atoms with van der Waals surface area (Å²) in [6, 6.07) is 0. The fourth-order valence-corrected chi connectivity index (χ4v) is 12.4. The van der Waals surface area contributed by atoms with E-state index in [2.05, 4.69) is 13.8 Å². The van der Waals surface area contributed by atoms with Crippen LogP contribution in [0.5, 0.6) is 0 Å². The first-order valence-corrected chi connectivity index (χ1v) is 38.8. The quantitative estimate of drug-likeness (QED) is 0.0278. The summed E-state index contributed by atoms with van der Waals surface area (Å²) >= 11 is 0. The van der Waals surface area contributed by atoms with Gasteiger partial charge in [0.25, 0.3) is 0 Å². The molecule has 0 aromatic carbocycles. The summed E-state index contributed by atoms with van der Waals surface area (Å²) < 4.78 is 34.7. The van der Waals surface area contributed by atoms with Crippen molar-refractivity contribution in [3.63, 3.8) is 0 Å². The van der Waals surface area contributed by atoms with Crippen LogP contribution in [-0.4, -0.2) is 74.9 Å². The lowest BCUT2D eigenvalue weighted by Crippen LogP contribution is -2.37. The Kier molecular flexibility index (Phi) is 64.7. The molecule has 0 aliphatic heterocycles. The number of ether oxygens (including phenoxy) is 2. The van der Waals surface area contributed by atoms with Gasteiger partial charge in [0, 0.05) is 12.8 Å². The van der Waals surface area contributed by atoms with E-state index in [0.29, 0.717) is 17.4 Å². The Balaban J connectivity index is 3.84. The number of carbonyl (C=O) groups is 2. The Bertz CT molecular complexity index is 1360. The normalized spacial score (nSPS) is 13.0. The first kappa shape index (κ1) is 82.0. The number of phosphoric acid groups is 1. The van der Waals surface area contributed by atoms with Crippen molar-refractivity contribution < 1.29 is 42.1 Å². The molecule has 0 aliphatic rings. The summed E-state index contributed by atoms with van der Waals surface area (Å²) in [5.41, 5.74) is 0. The molecular weight excluding hydrogens is 1050 g/mol. The molecule has 0 aromatic heterocycles. The number of likely N-dealkylation sites (N-methyl/N-ethyl adjacent to an activating group) is 1. The summed E-state index contributed by atoms with van der Waals surface area (Å²) in [6.45, 7) is 4.53. The molecule has 0 aromatic rings. The number of carbonyl (C=O) groups excluding carboxylic acids is 2. The number of quaternary nitrogens is 1. The molecule has 1 N–H and O–H groups in total. The molecule has 0 radical (unpaired) electrons. The molecule has 9 nitrogen and oxygen atoms in total. The zero-order valence-corrected chi connectivity index (χ0v) is 57.6. The molecule has 83 heavy (non-hydrogen) atoms.